The molecule has 2 aliphatic heterocycles. The van der Waals surface area contributed by atoms with Crippen LogP contribution in [0.2, 0.25) is 0 Å². The van der Waals surface area contributed by atoms with Crippen LogP contribution in [0.5, 0.6) is 0 Å². The highest BCUT2D eigenvalue weighted by Gasteiger charge is 2.43. The number of para-hydroxylation sites is 4. The summed E-state index contributed by atoms with van der Waals surface area (Å²) in [6.45, 7) is 0. The molecule has 2 aliphatic rings. The maximum Gasteiger partial charge on any atom is 0.418 e. The van der Waals surface area contributed by atoms with E-state index >= 15 is 0 Å². The van der Waals surface area contributed by atoms with Crippen molar-refractivity contribution in [3.05, 3.63) is 167 Å². The zero-order chi connectivity index (χ0) is 38.4. The number of amides is 4. The van der Waals surface area contributed by atoms with Crippen LogP contribution in [0.3, 0.4) is 0 Å². The molecule has 7 rings (SSSR count). The van der Waals surface area contributed by atoms with Crippen molar-refractivity contribution in [2.24, 2.45) is 0 Å². The molecule has 0 aliphatic carbocycles. The van der Waals surface area contributed by atoms with Gasteiger partial charge in [0.25, 0.3) is 23.6 Å². The summed E-state index contributed by atoms with van der Waals surface area (Å²) in [5.74, 6) is -3.94. The lowest BCUT2D eigenvalue weighted by Gasteiger charge is -2.30. The molecule has 5 aromatic rings. The second-order valence-corrected chi connectivity index (χ2v) is 12.0. The Morgan fingerprint density at radius 3 is 1.09 bits per heavy atom. The number of hydrogen-bond acceptors (Lipinski definition) is 6. The van der Waals surface area contributed by atoms with Crippen LogP contribution in [0.4, 0.5) is 49.1 Å². The van der Waals surface area contributed by atoms with E-state index in [-0.39, 0.29) is 44.8 Å². The van der Waals surface area contributed by atoms with Crippen molar-refractivity contribution in [1.29, 1.82) is 0 Å². The van der Waals surface area contributed by atoms with Gasteiger partial charge in [-0.05, 0) is 48.5 Å². The summed E-state index contributed by atoms with van der Waals surface area (Å²) in [6, 6.07) is 26.8. The van der Waals surface area contributed by atoms with Crippen molar-refractivity contribution in [1.82, 2.24) is 0 Å². The first-order valence-electron chi connectivity index (χ1n) is 16.1. The van der Waals surface area contributed by atoms with E-state index in [1.807, 2.05) is 0 Å². The van der Waals surface area contributed by atoms with E-state index in [9.17, 15) is 45.5 Å². The molecular weight excluding hydrogens is 714 g/mol. The molecule has 2 heterocycles. The van der Waals surface area contributed by atoms with Crippen LogP contribution in [0.25, 0.3) is 11.1 Å². The van der Waals surface area contributed by atoms with E-state index in [0.29, 0.717) is 9.80 Å². The molecule has 0 aromatic heterocycles. The first-order valence-corrected chi connectivity index (χ1v) is 16.1. The standard InChI is InChI=1S/C40H24F6N4O4/c41-39(42,43)29-15-5-9-19-33(29)49-35(51)25-13-3-1-11-23(25)27(37(49)53)21-47-31-17-7-8-18-32(31)48-22-28-24-12-2-4-14-26(24)36(52)50(38(28)54)34-20-10-6-16-30(34)40(44,45)46/h1-22,47-48H/b27-21-,28-22+. The molecule has 0 saturated carbocycles. The molecule has 2 N–H and O–H groups in total. The number of halogens is 6. The number of nitrogens with zero attached hydrogens (tertiary/aromatic N) is 2. The Balaban J connectivity index is 1.26. The number of rotatable bonds is 6. The second kappa shape index (κ2) is 13.5. The molecule has 0 fully saturated rings. The minimum atomic E-state index is -4.87. The maximum absolute atomic E-state index is 14.0. The van der Waals surface area contributed by atoms with Crippen LogP contribution >= 0.6 is 0 Å². The van der Waals surface area contributed by atoms with E-state index < -0.39 is 58.5 Å². The Bertz CT molecular complexity index is 2270. The van der Waals surface area contributed by atoms with Crippen molar-refractivity contribution in [2.75, 3.05) is 20.4 Å². The summed E-state index contributed by atoms with van der Waals surface area (Å²) in [5, 5.41) is 5.92. The third-order valence-corrected chi connectivity index (χ3v) is 8.74. The fraction of sp³-hybridized carbons (Fsp3) is 0.0500. The number of hydrogen-bond donors (Lipinski definition) is 2. The number of nitrogens with one attached hydrogen (secondary N) is 2. The highest BCUT2D eigenvalue weighted by Crippen LogP contribution is 2.42. The fourth-order valence-electron chi connectivity index (χ4n) is 6.27. The molecule has 0 unspecified atom stereocenters. The van der Waals surface area contributed by atoms with Gasteiger partial charge in [-0.25, -0.2) is 9.80 Å². The fourth-order valence-corrected chi connectivity index (χ4v) is 6.27. The van der Waals surface area contributed by atoms with Crippen LogP contribution in [-0.4, -0.2) is 23.6 Å². The molecule has 8 nitrogen and oxygen atoms in total. The molecule has 270 valence electrons. The van der Waals surface area contributed by atoms with Gasteiger partial charge in [-0.2, -0.15) is 26.3 Å². The SMILES string of the molecule is O=C1/C(=C\Nc2ccccc2N/C=C2/C(=O)N(c3ccccc3C(F)(F)F)C(=O)c3ccccc32)c2ccccc2C(=O)N1c1ccccc1C(F)(F)F. The summed E-state index contributed by atoms with van der Waals surface area (Å²) < 4.78 is 84.0. The van der Waals surface area contributed by atoms with Gasteiger partial charge in [0.15, 0.2) is 0 Å². The normalized spacial score (nSPS) is 16.1. The molecule has 0 bridgehead atoms. The van der Waals surface area contributed by atoms with Crippen molar-refractivity contribution in [2.45, 2.75) is 12.4 Å². The first kappa shape index (κ1) is 35.4. The first-order chi connectivity index (χ1) is 25.8. The van der Waals surface area contributed by atoms with Crippen molar-refractivity contribution >= 4 is 57.5 Å². The lowest BCUT2D eigenvalue weighted by Crippen LogP contribution is -2.43. The summed E-state index contributed by atoms with van der Waals surface area (Å²) in [7, 11) is 0. The van der Waals surface area contributed by atoms with E-state index in [2.05, 4.69) is 10.6 Å². The molecule has 0 saturated heterocycles. The number of fused-ring (bicyclic) bond motifs is 2. The van der Waals surface area contributed by atoms with Gasteiger partial charge < -0.3 is 10.6 Å². The van der Waals surface area contributed by atoms with Gasteiger partial charge in [-0.15, -0.1) is 0 Å². The topological polar surface area (TPSA) is 98.8 Å². The van der Waals surface area contributed by atoms with E-state index in [0.717, 1.165) is 36.4 Å². The van der Waals surface area contributed by atoms with E-state index in [4.69, 9.17) is 0 Å². The van der Waals surface area contributed by atoms with Crippen molar-refractivity contribution < 1.29 is 45.5 Å². The quantitative estimate of drug-likeness (QED) is 0.103. The van der Waals surface area contributed by atoms with Crippen LogP contribution in [0, 0.1) is 0 Å². The summed E-state index contributed by atoms with van der Waals surface area (Å²) in [6.07, 6.45) is -7.27. The number of anilines is 4. The monoisotopic (exact) mass is 738 g/mol. The van der Waals surface area contributed by atoms with Crippen LogP contribution in [0.1, 0.15) is 43.0 Å². The van der Waals surface area contributed by atoms with Crippen LogP contribution in [0.15, 0.2) is 134 Å². The number of carbonyl (C=O) groups excluding carboxylic acids is 4. The van der Waals surface area contributed by atoms with Gasteiger partial charge in [0, 0.05) is 34.7 Å². The predicted molar refractivity (Wildman–Crippen MR) is 189 cm³/mol. The summed E-state index contributed by atoms with van der Waals surface area (Å²) in [4.78, 5) is 55.7. The van der Waals surface area contributed by atoms with Gasteiger partial charge in [0.2, 0.25) is 0 Å². The minimum absolute atomic E-state index is 0.0149. The number of alkyl halides is 6. The molecule has 54 heavy (non-hydrogen) atoms. The number of carbonyl (C=O) groups is 4. The second-order valence-electron chi connectivity index (χ2n) is 12.0. The molecule has 0 radical (unpaired) electrons. The van der Waals surface area contributed by atoms with Crippen LogP contribution < -0.4 is 20.4 Å². The lowest BCUT2D eigenvalue weighted by molar-refractivity contribution is -0.138. The maximum atomic E-state index is 14.0. The average molecular weight is 739 g/mol. The van der Waals surface area contributed by atoms with Crippen molar-refractivity contribution in [3.63, 3.8) is 0 Å². The lowest BCUT2D eigenvalue weighted by atomic mass is 9.93. The van der Waals surface area contributed by atoms with E-state index in [1.54, 1.807) is 36.4 Å². The number of imide groups is 2. The zero-order valence-corrected chi connectivity index (χ0v) is 27.5. The highest BCUT2D eigenvalue weighted by atomic mass is 19.4. The van der Waals surface area contributed by atoms with Gasteiger partial charge in [0.1, 0.15) is 0 Å². The molecule has 14 heteroatoms. The Labute approximate surface area is 302 Å². The Hall–Kier alpha value is -6.96. The van der Waals surface area contributed by atoms with Gasteiger partial charge in [0.05, 0.1) is 45.0 Å². The molecule has 5 aromatic carbocycles. The Morgan fingerprint density at radius 2 is 0.722 bits per heavy atom. The van der Waals surface area contributed by atoms with Crippen molar-refractivity contribution in [3.8, 4) is 0 Å². The predicted octanol–water partition coefficient (Wildman–Crippen LogP) is 9.00. The Morgan fingerprint density at radius 1 is 0.407 bits per heavy atom. The highest BCUT2D eigenvalue weighted by molar-refractivity contribution is 6.42. The summed E-state index contributed by atoms with van der Waals surface area (Å²) in [5.41, 5.74) is -3.02. The Kier molecular flexibility index (Phi) is 8.89. The molecule has 4 amide bonds. The van der Waals surface area contributed by atoms with Gasteiger partial charge >= 0.3 is 12.4 Å². The number of benzene rings is 5. The third kappa shape index (κ3) is 6.27. The van der Waals surface area contributed by atoms with E-state index in [1.165, 1.54) is 60.9 Å². The smallest absolute Gasteiger partial charge is 0.359 e. The molecule has 0 atom stereocenters. The zero-order valence-electron chi connectivity index (χ0n) is 27.5. The largest absolute Gasteiger partial charge is 0.418 e. The molecule has 0 spiro atoms. The third-order valence-electron chi connectivity index (χ3n) is 8.74. The minimum Gasteiger partial charge on any atom is -0.359 e. The molecular formula is C40H24F6N4O4. The van der Waals surface area contributed by atoms with Gasteiger partial charge in [-0.3, -0.25) is 19.2 Å². The summed E-state index contributed by atoms with van der Waals surface area (Å²) >= 11 is 0. The van der Waals surface area contributed by atoms with Crippen LogP contribution in [-0.2, 0) is 21.9 Å². The average Bonchev–Trinajstić information content (AvgIpc) is 3.15. The van der Waals surface area contributed by atoms with Gasteiger partial charge in [-0.1, -0.05) is 72.8 Å².